The number of carbonyl (C=O) groups excluding carboxylic acids is 2. The van der Waals surface area contributed by atoms with Gasteiger partial charge >= 0.3 is 12.0 Å². The highest BCUT2D eigenvalue weighted by atomic mass is 16.5. The zero-order chi connectivity index (χ0) is 18.7. The van der Waals surface area contributed by atoms with Gasteiger partial charge in [0.25, 0.3) is 0 Å². The first-order chi connectivity index (χ1) is 12.5. The van der Waals surface area contributed by atoms with Crippen molar-refractivity contribution in [3.63, 3.8) is 0 Å². The number of benzene rings is 1. The van der Waals surface area contributed by atoms with Gasteiger partial charge in [0.1, 0.15) is 0 Å². The molecule has 3 rings (SSSR count). The minimum absolute atomic E-state index is 0.296. The number of urea groups is 1. The predicted molar refractivity (Wildman–Crippen MR) is 98.6 cm³/mol. The maximum atomic E-state index is 12.6. The van der Waals surface area contributed by atoms with E-state index in [1.807, 2.05) is 31.2 Å². The second-order valence-corrected chi connectivity index (χ2v) is 6.85. The first kappa shape index (κ1) is 18.4. The molecule has 1 fully saturated rings. The molecule has 0 aromatic heterocycles. The number of esters is 1. The lowest BCUT2D eigenvalue weighted by Crippen LogP contribution is -2.51. The Hall–Kier alpha value is -2.38. The summed E-state index contributed by atoms with van der Waals surface area (Å²) in [5, 5.41) is 5.71. The van der Waals surface area contributed by atoms with Crippen LogP contribution in [0.15, 0.2) is 35.5 Å². The fraction of sp³-hybridized carbons (Fsp3) is 0.474. The van der Waals surface area contributed by atoms with E-state index in [4.69, 9.17) is 4.74 Å². The maximum Gasteiger partial charge on any atom is 0.338 e. The molecule has 2 amide bonds. The molecule has 1 atom stereocenters. The normalized spacial score (nSPS) is 22.0. The van der Waals surface area contributed by atoms with Crippen LogP contribution < -0.4 is 10.6 Å². The van der Waals surface area contributed by atoms with Gasteiger partial charge in [0, 0.05) is 38.4 Å². The molecule has 7 heteroatoms. The van der Waals surface area contributed by atoms with Crippen LogP contribution in [0.4, 0.5) is 4.79 Å². The third-order valence-electron chi connectivity index (χ3n) is 5.04. The number of hydrogen-bond donors (Lipinski definition) is 2. The number of rotatable bonds is 4. The van der Waals surface area contributed by atoms with Crippen molar-refractivity contribution in [1.82, 2.24) is 20.4 Å². The predicted octanol–water partition coefficient (Wildman–Crippen LogP) is 1.02. The van der Waals surface area contributed by atoms with Crippen molar-refractivity contribution in [2.45, 2.75) is 13.0 Å². The number of ether oxygens (including phenoxy) is 1. The van der Waals surface area contributed by atoms with Crippen LogP contribution in [0, 0.1) is 6.92 Å². The average Bonchev–Trinajstić information content (AvgIpc) is 2.63. The number of nitrogens with zero attached hydrogens (tertiary/aromatic N) is 2. The van der Waals surface area contributed by atoms with Gasteiger partial charge < -0.3 is 20.3 Å². The molecule has 1 aromatic rings. The van der Waals surface area contributed by atoms with Crippen molar-refractivity contribution in [1.29, 1.82) is 0 Å². The van der Waals surface area contributed by atoms with Gasteiger partial charge in [-0.15, -0.1) is 0 Å². The zero-order valence-electron chi connectivity index (χ0n) is 15.5. The molecule has 2 heterocycles. The molecule has 2 N–H and O–H groups in total. The number of amides is 2. The molecule has 2 aliphatic heterocycles. The highest BCUT2D eigenvalue weighted by molar-refractivity contribution is 5.95. The Bertz CT molecular complexity index is 723. The largest absolute Gasteiger partial charge is 0.466 e. The van der Waals surface area contributed by atoms with Crippen LogP contribution in [0.1, 0.15) is 17.2 Å². The summed E-state index contributed by atoms with van der Waals surface area (Å²) in [7, 11) is 3.46. The molecule has 0 radical (unpaired) electrons. The average molecular weight is 358 g/mol. The van der Waals surface area contributed by atoms with Crippen LogP contribution in [0.3, 0.4) is 0 Å². The molecule has 26 heavy (non-hydrogen) atoms. The number of hydrogen-bond acceptors (Lipinski definition) is 5. The summed E-state index contributed by atoms with van der Waals surface area (Å²) in [6, 6.07) is 6.94. The fourth-order valence-corrected chi connectivity index (χ4v) is 3.47. The topological polar surface area (TPSA) is 73.9 Å². The van der Waals surface area contributed by atoms with Crippen LogP contribution in [0.25, 0.3) is 0 Å². The van der Waals surface area contributed by atoms with E-state index in [1.165, 1.54) is 7.11 Å². The van der Waals surface area contributed by atoms with Gasteiger partial charge in [-0.2, -0.15) is 0 Å². The monoisotopic (exact) mass is 358 g/mol. The number of aryl methyl sites for hydroxylation is 1. The van der Waals surface area contributed by atoms with Gasteiger partial charge in [0.2, 0.25) is 0 Å². The number of likely N-dealkylation sites (N-methyl/N-ethyl adjacent to an activating group) is 1. The molecule has 7 nitrogen and oxygen atoms in total. The zero-order valence-corrected chi connectivity index (χ0v) is 15.5. The van der Waals surface area contributed by atoms with E-state index in [9.17, 15) is 9.59 Å². The Labute approximate surface area is 154 Å². The van der Waals surface area contributed by atoms with E-state index >= 15 is 0 Å². The third kappa shape index (κ3) is 3.89. The number of nitrogens with one attached hydrogen (secondary N) is 2. The van der Waals surface area contributed by atoms with Crippen LogP contribution in [0.2, 0.25) is 0 Å². The number of piperazine rings is 1. The highest BCUT2D eigenvalue weighted by Gasteiger charge is 2.34. The molecule has 1 aromatic carbocycles. The Morgan fingerprint density at radius 3 is 2.58 bits per heavy atom. The Morgan fingerprint density at radius 1 is 1.23 bits per heavy atom. The van der Waals surface area contributed by atoms with E-state index in [-0.39, 0.29) is 6.03 Å². The highest BCUT2D eigenvalue weighted by Crippen LogP contribution is 2.30. The summed E-state index contributed by atoms with van der Waals surface area (Å²) in [5.41, 5.74) is 3.01. The fourth-order valence-electron chi connectivity index (χ4n) is 3.47. The minimum Gasteiger partial charge on any atom is -0.466 e. The quantitative estimate of drug-likeness (QED) is 0.787. The van der Waals surface area contributed by atoms with Gasteiger partial charge in [-0.25, -0.2) is 9.59 Å². The molecule has 0 aliphatic carbocycles. The summed E-state index contributed by atoms with van der Waals surface area (Å²) >= 11 is 0. The lowest BCUT2D eigenvalue weighted by Gasteiger charge is -2.35. The summed E-state index contributed by atoms with van der Waals surface area (Å²) in [5.74, 6) is -0.421. The molecular formula is C19H26N4O3. The van der Waals surface area contributed by atoms with Crippen LogP contribution in [0.5, 0.6) is 0 Å². The lowest BCUT2D eigenvalue weighted by atomic mass is 9.92. The van der Waals surface area contributed by atoms with Gasteiger partial charge in [-0.1, -0.05) is 24.3 Å². The second kappa shape index (κ2) is 7.88. The lowest BCUT2D eigenvalue weighted by molar-refractivity contribution is -0.136. The maximum absolute atomic E-state index is 12.6. The molecule has 2 aliphatic rings. The Balaban J connectivity index is 1.96. The first-order valence-corrected chi connectivity index (χ1v) is 8.85. The first-order valence-electron chi connectivity index (χ1n) is 8.85. The van der Waals surface area contributed by atoms with Crippen molar-refractivity contribution in [2.75, 3.05) is 46.9 Å². The molecule has 0 unspecified atom stereocenters. The molecular weight excluding hydrogens is 332 g/mol. The summed E-state index contributed by atoms with van der Waals surface area (Å²) in [6.07, 6.45) is 0. The van der Waals surface area contributed by atoms with Crippen LogP contribution in [-0.4, -0.2) is 68.7 Å². The number of carbonyl (C=O) groups is 2. The molecule has 0 saturated carbocycles. The van der Waals surface area contributed by atoms with E-state index in [0.29, 0.717) is 17.8 Å². The van der Waals surface area contributed by atoms with Gasteiger partial charge in [-0.3, -0.25) is 4.90 Å². The molecule has 0 spiro atoms. The Morgan fingerprint density at radius 2 is 1.92 bits per heavy atom. The molecule has 140 valence electrons. The van der Waals surface area contributed by atoms with Crippen molar-refractivity contribution >= 4 is 12.0 Å². The van der Waals surface area contributed by atoms with Crippen molar-refractivity contribution in [2.24, 2.45) is 0 Å². The molecule has 0 bridgehead atoms. The standard InChI is InChI=1S/C19H26N4O3/c1-13-6-4-5-7-14(13)17-16(18(24)26-3)15(20-19(25)21-17)12-23-10-8-22(2)9-11-23/h4-7,17H,8-12H2,1-3H3,(H2,20,21,25)/t17-/m1/s1. The Kier molecular flexibility index (Phi) is 5.58. The summed E-state index contributed by atoms with van der Waals surface area (Å²) < 4.78 is 5.04. The van der Waals surface area contributed by atoms with Crippen molar-refractivity contribution < 1.29 is 14.3 Å². The van der Waals surface area contributed by atoms with Crippen molar-refractivity contribution in [3.8, 4) is 0 Å². The van der Waals surface area contributed by atoms with Crippen LogP contribution >= 0.6 is 0 Å². The molecule has 1 saturated heterocycles. The summed E-state index contributed by atoms with van der Waals surface area (Å²) in [6.45, 7) is 6.22. The van der Waals surface area contributed by atoms with E-state index < -0.39 is 12.0 Å². The SMILES string of the molecule is COC(=O)C1=C(CN2CCN(C)CC2)NC(=O)N[C@@H]1c1ccccc1C. The van der Waals surface area contributed by atoms with Gasteiger partial charge in [0.15, 0.2) is 0 Å². The van der Waals surface area contributed by atoms with Gasteiger partial charge in [0.05, 0.1) is 18.7 Å². The van der Waals surface area contributed by atoms with E-state index in [0.717, 1.165) is 37.3 Å². The van der Waals surface area contributed by atoms with E-state index in [1.54, 1.807) is 0 Å². The van der Waals surface area contributed by atoms with Crippen molar-refractivity contribution in [3.05, 3.63) is 46.7 Å². The number of methoxy groups -OCH3 is 1. The van der Waals surface area contributed by atoms with Gasteiger partial charge in [-0.05, 0) is 25.1 Å². The van der Waals surface area contributed by atoms with Crippen LogP contribution in [-0.2, 0) is 9.53 Å². The minimum atomic E-state index is -0.514. The second-order valence-electron chi connectivity index (χ2n) is 6.85. The third-order valence-corrected chi connectivity index (χ3v) is 5.04. The smallest absolute Gasteiger partial charge is 0.338 e. The summed E-state index contributed by atoms with van der Waals surface area (Å²) in [4.78, 5) is 29.4. The van der Waals surface area contributed by atoms with E-state index in [2.05, 4.69) is 27.5 Å².